The van der Waals surface area contributed by atoms with Crippen molar-refractivity contribution in [2.75, 3.05) is 6.61 Å². The Morgan fingerprint density at radius 3 is 2.61 bits per heavy atom. The number of hydrogen-bond acceptors (Lipinski definition) is 5. The third-order valence-electron chi connectivity index (χ3n) is 8.15. The molecule has 0 spiro atoms. The molecule has 0 amide bonds. The van der Waals surface area contributed by atoms with Gasteiger partial charge in [-0.25, -0.2) is 8.78 Å². The molecule has 0 saturated heterocycles. The normalized spacial score (nSPS) is 49.9. The molecular formula is C21H24F2O5. The molecule has 152 valence electrons. The number of fused-ring (bicyclic) bond motifs is 5. The van der Waals surface area contributed by atoms with Crippen molar-refractivity contribution in [3.63, 3.8) is 0 Å². The lowest BCUT2D eigenvalue weighted by Gasteiger charge is -2.60. The van der Waals surface area contributed by atoms with Crippen molar-refractivity contribution in [2.45, 2.75) is 57.0 Å². The van der Waals surface area contributed by atoms with Gasteiger partial charge < -0.3 is 10.2 Å². The third kappa shape index (κ3) is 1.99. The predicted octanol–water partition coefficient (Wildman–Crippen LogP) is 1.81. The van der Waals surface area contributed by atoms with E-state index in [4.69, 9.17) is 0 Å². The molecule has 0 radical (unpaired) electrons. The number of carbonyl (C=O) groups excluding carboxylic acids is 3. The first kappa shape index (κ1) is 19.6. The van der Waals surface area contributed by atoms with E-state index < -0.39 is 64.1 Å². The SMILES string of the molecule is C[C@]12C=CC(=O)C=C1[C@@H](F)C[C@H]1[C@@H]3CC[C@](O)(C(=O)CO)[C@@]3(C)CC(=O)[C@@]12F. The van der Waals surface area contributed by atoms with E-state index in [-0.39, 0.29) is 31.3 Å². The second-order valence-electron chi connectivity index (χ2n) is 9.16. The number of aliphatic hydroxyl groups is 2. The molecule has 0 aromatic rings. The van der Waals surface area contributed by atoms with Crippen LogP contribution in [0.5, 0.6) is 0 Å². The van der Waals surface area contributed by atoms with Crippen molar-refractivity contribution in [3.05, 3.63) is 23.8 Å². The number of halogens is 2. The Morgan fingerprint density at radius 2 is 1.96 bits per heavy atom. The van der Waals surface area contributed by atoms with Crippen LogP contribution >= 0.6 is 0 Å². The van der Waals surface area contributed by atoms with Crippen molar-refractivity contribution in [1.29, 1.82) is 0 Å². The molecule has 3 fully saturated rings. The van der Waals surface area contributed by atoms with E-state index in [9.17, 15) is 24.6 Å². The summed E-state index contributed by atoms with van der Waals surface area (Å²) >= 11 is 0. The maximum atomic E-state index is 16.6. The summed E-state index contributed by atoms with van der Waals surface area (Å²) in [6, 6.07) is 0. The molecule has 0 bridgehead atoms. The number of aliphatic hydroxyl groups excluding tert-OH is 1. The van der Waals surface area contributed by atoms with Crippen molar-refractivity contribution < 1.29 is 33.4 Å². The summed E-state index contributed by atoms with van der Waals surface area (Å²) < 4.78 is 31.7. The van der Waals surface area contributed by atoms with Crippen LogP contribution in [0.25, 0.3) is 0 Å². The summed E-state index contributed by atoms with van der Waals surface area (Å²) in [6.45, 7) is 2.14. The summed E-state index contributed by atoms with van der Waals surface area (Å²) in [5.41, 5.74) is -7.23. The van der Waals surface area contributed by atoms with Crippen molar-refractivity contribution in [2.24, 2.45) is 22.7 Å². The minimum atomic E-state index is -2.42. The first-order valence-corrected chi connectivity index (χ1v) is 9.64. The Hall–Kier alpha value is -1.73. The molecule has 0 unspecified atom stereocenters. The summed E-state index contributed by atoms with van der Waals surface area (Å²) in [6.07, 6.45) is 1.55. The van der Waals surface area contributed by atoms with E-state index in [2.05, 4.69) is 0 Å². The van der Waals surface area contributed by atoms with Gasteiger partial charge in [-0.3, -0.25) is 14.4 Å². The zero-order valence-corrected chi connectivity index (χ0v) is 15.9. The monoisotopic (exact) mass is 394 g/mol. The second-order valence-corrected chi connectivity index (χ2v) is 9.16. The fraction of sp³-hybridized carbons (Fsp3) is 0.667. The van der Waals surface area contributed by atoms with Crippen molar-refractivity contribution in [1.82, 2.24) is 0 Å². The maximum Gasteiger partial charge on any atom is 0.190 e. The first-order chi connectivity index (χ1) is 13.0. The fourth-order valence-corrected chi connectivity index (χ4v) is 6.53. The Balaban J connectivity index is 1.86. The highest BCUT2D eigenvalue weighted by atomic mass is 19.1. The van der Waals surface area contributed by atoms with Gasteiger partial charge in [0.15, 0.2) is 23.0 Å². The lowest BCUT2D eigenvalue weighted by molar-refractivity contribution is -0.187. The average Bonchev–Trinajstić information content (AvgIpc) is 2.91. The molecule has 7 atom stereocenters. The summed E-state index contributed by atoms with van der Waals surface area (Å²) in [5, 5.41) is 20.4. The molecule has 2 N–H and O–H groups in total. The fourth-order valence-electron chi connectivity index (χ4n) is 6.53. The molecule has 0 aromatic heterocycles. The van der Waals surface area contributed by atoms with Gasteiger partial charge in [0.1, 0.15) is 18.4 Å². The molecule has 0 aliphatic heterocycles. The van der Waals surface area contributed by atoms with Crippen LogP contribution in [-0.4, -0.2) is 51.6 Å². The van der Waals surface area contributed by atoms with Crippen LogP contribution < -0.4 is 0 Å². The lowest BCUT2D eigenvalue weighted by atomic mass is 9.45. The number of ketones is 3. The van der Waals surface area contributed by atoms with Crippen molar-refractivity contribution in [3.8, 4) is 0 Å². The van der Waals surface area contributed by atoms with E-state index in [1.54, 1.807) is 6.92 Å². The van der Waals surface area contributed by atoms with Gasteiger partial charge in [0.05, 0.1) is 5.41 Å². The van der Waals surface area contributed by atoms with Gasteiger partial charge in [0.2, 0.25) is 0 Å². The van der Waals surface area contributed by atoms with Gasteiger partial charge in [-0.2, -0.15) is 0 Å². The molecule has 4 rings (SSSR count). The molecule has 4 aliphatic carbocycles. The number of Topliss-reactive ketones (excluding diaryl/α,β-unsaturated/α-hetero) is 2. The molecule has 28 heavy (non-hydrogen) atoms. The van der Waals surface area contributed by atoms with Crippen LogP contribution in [0.2, 0.25) is 0 Å². The quantitative estimate of drug-likeness (QED) is 0.745. The highest BCUT2D eigenvalue weighted by Crippen LogP contribution is 2.68. The lowest BCUT2D eigenvalue weighted by Crippen LogP contribution is -2.69. The Kier molecular flexibility index (Phi) is 3.96. The first-order valence-electron chi connectivity index (χ1n) is 9.64. The zero-order chi connectivity index (χ0) is 20.7. The number of hydrogen-bond donors (Lipinski definition) is 2. The minimum Gasteiger partial charge on any atom is -0.388 e. The van der Waals surface area contributed by atoms with Gasteiger partial charge in [0.25, 0.3) is 0 Å². The van der Waals surface area contributed by atoms with Gasteiger partial charge in [0, 0.05) is 17.8 Å². The van der Waals surface area contributed by atoms with Gasteiger partial charge in [-0.05, 0) is 49.8 Å². The summed E-state index contributed by atoms with van der Waals surface area (Å²) in [5.74, 6) is -3.65. The second kappa shape index (κ2) is 5.66. The van der Waals surface area contributed by atoms with Gasteiger partial charge in [-0.1, -0.05) is 13.0 Å². The number of rotatable bonds is 2. The van der Waals surface area contributed by atoms with Crippen LogP contribution in [0, 0.1) is 22.7 Å². The van der Waals surface area contributed by atoms with Crippen LogP contribution in [0.1, 0.15) is 39.5 Å². The van der Waals surface area contributed by atoms with Crippen LogP contribution in [-0.2, 0) is 14.4 Å². The van der Waals surface area contributed by atoms with E-state index in [0.717, 1.165) is 6.08 Å². The third-order valence-corrected chi connectivity index (χ3v) is 8.15. The molecule has 4 aliphatic rings. The maximum absolute atomic E-state index is 16.6. The standard InChI is InChI=1S/C21H24F2O5/c1-18-5-3-11(25)7-14(18)15(22)8-13-12-4-6-20(28,17(27)10-24)19(12,2)9-16(26)21(13,18)23/h3,5,7,12-13,15,24,28H,4,6,8-10H2,1-2H3/t12-,13-,15-,18-,19-,20-,21-/m0/s1. The van der Waals surface area contributed by atoms with Gasteiger partial charge >= 0.3 is 0 Å². The van der Waals surface area contributed by atoms with E-state index in [1.807, 2.05) is 0 Å². The largest absolute Gasteiger partial charge is 0.388 e. The highest BCUT2D eigenvalue weighted by Gasteiger charge is 2.75. The average molecular weight is 394 g/mol. The number of allylic oxidation sites excluding steroid dienone is 4. The predicted molar refractivity (Wildman–Crippen MR) is 94.7 cm³/mol. The zero-order valence-electron chi connectivity index (χ0n) is 15.9. The van der Waals surface area contributed by atoms with E-state index >= 15 is 8.78 Å². The van der Waals surface area contributed by atoms with Crippen LogP contribution in [0.4, 0.5) is 8.78 Å². The molecule has 7 heteroatoms. The molecule has 3 saturated carbocycles. The summed E-state index contributed by atoms with van der Waals surface area (Å²) in [4.78, 5) is 37.3. The highest BCUT2D eigenvalue weighted by molar-refractivity contribution is 6.03. The number of carbonyl (C=O) groups is 3. The van der Waals surface area contributed by atoms with Crippen molar-refractivity contribution >= 4 is 17.3 Å². The Labute approximate surface area is 161 Å². The molecule has 5 nitrogen and oxygen atoms in total. The molecule has 0 heterocycles. The Bertz CT molecular complexity index is 850. The smallest absolute Gasteiger partial charge is 0.190 e. The molecule has 0 aromatic carbocycles. The van der Waals surface area contributed by atoms with Crippen LogP contribution in [0.15, 0.2) is 23.8 Å². The van der Waals surface area contributed by atoms with Crippen LogP contribution in [0.3, 0.4) is 0 Å². The topological polar surface area (TPSA) is 91.7 Å². The Morgan fingerprint density at radius 1 is 1.29 bits per heavy atom. The number of alkyl halides is 2. The summed E-state index contributed by atoms with van der Waals surface area (Å²) in [7, 11) is 0. The van der Waals surface area contributed by atoms with Gasteiger partial charge in [-0.15, -0.1) is 0 Å². The van der Waals surface area contributed by atoms with E-state index in [0.29, 0.717) is 0 Å². The van der Waals surface area contributed by atoms with E-state index in [1.165, 1.54) is 19.1 Å². The minimum absolute atomic E-state index is 0.00188. The molecular weight excluding hydrogens is 370 g/mol.